The molecule has 0 amide bonds. The van der Waals surface area contributed by atoms with Gasteiger partial charge < -0.3 is 14.7 Å². The summed E-state index contributed by atoms with van der Waals surface area (Å²) < 4.78 is 43.3. The molecule has 1 saturated heterocycles. The van der Waals surface area contributed by atoms with Gasteiger partial charge in [0.15, 0.2) is 0 Å². The summed E-state index contributed by atoms with van der Waals surface area (Å²) in [5, 5.41) is 9.46. The van der Waals surface area contributed by atoms with Gasteiger partial charge in [0, 0.05) is 18.8 Å². The van der Waals surface area contributed by atoms with Crippen molar-refractivity contribution in [2.75, 3.05) is 25.1 Å². The van der Waals surface area contributed by atoms with Crippen LogP contribution in [0.1, 0.15) is 28.8 Å². The number of hydrogen-bond acceptors (Lipinski definition) is 4. The number of aliphatic hydroxyl groups is 1. The van der Waals surface area contributed by atoms with E-state index in [0.29, 0.717) is 31.6 Å². The zero-order valence-electron chi connectivity index (χ0n) is 11.5. The van der Waals surface area contributed by atoms with Crippen LogP contribution in [0.3, 0.4) is 0 Å². The Labute approximate surface area is 120 Å². The fraction of sp³-hybridized carbons (Fsp3) is 0.500. The minimum absolute atomic E-state index is 0.131. The monoisotopic (exact) mass is 303 g/mol. The number of esters is 1. The van der Waals surface area contributed by atoms with Crippen LogP contribution in [0.4, 0.5) is 18.9 Å². The van der Waals surface area contributed by atoms with E-state index in [1.165, 1.54) is 6.07 Å². The summed E-state index contributed by atoms with van der Waals surface area (Å²) in [6, 6.07) is 3.19. The first kappa shape index (κ1) is 15.6. The molecule has 116 valence electrons. The van der Waals surface area contributed by atoms with Crippen molar-refractivity contribution < 1.29 is 27.8 Å². The van der Waals surface area contributed by atoms with E-state index in [0.717, 1.165) is 19.2 Å². The van der Waals surface area contributed by atoms with E-state index in [-0.39, 0.29) is 5.56 Å². The Morgan fingerprint density at radius 1 is 1.29 bits per heavy atom. The normalized spacial score (nSPS) is 16.9. The first-order valence-electron chi connectivity index (χ1n) is 6.55. The van der Waals surface area contributed by atoms with Crippen molar-refractivity contribution >= 4 is 11.7 Å². The average Bonchev–Trinajstić information content (AvgIpc) is 2.45. The van der Waals surface area contributed by atoms with E-state index in [9.17, 15) is 23.1 Å². The largest absolute Gasteiger partial charge is 0.465 e. The van der Waals surface area contributed by atoms with Crippen LogP contribution < -0.4 is 4.90 Å². The zero-order chi connectivity index (χ0) is 15.6. The summed E-state index contributed by atoms with van der Waals surface area (Å²) in [4.78, 5) is 13.3. The van der Waals surface area contributed by atoms with Crippen molar-refractivity contribution in [3.05, 3.63) is 29.3 Å². The predicted molar refractivity (Wildman–Crippen MR) is 70.2 cm³/mol. The number of nitrogens with zero attached hydrogens (tertiary/aromatic N) is 1. The Morgan fingerprint density at radius 3 is 2.43 bits per heavy atom. The fourth-order valence-electron chi connectivity index (χ4n) is 2.32. The number of piperidine rings is 1. The Balaban J connectivity index is 2.38. The summed E-state index contributed by atoms with van der Waals surface area (Å²) >= 11 is 0. The molecule has 1 aromatic carbocycles. The lowest BCUT2D eigenvalue weighted by molar-refractivity contribution is -0.137. The van der Waals surface area contributed by atoms with E-state index in [1.807, 2.05) is 0 Å². The van der Waals surface area contributed by atoms with Gasteiger partial charge in [-0.2, -0.15) is 13.2 Å². The van der Waals surface area contributed by atoms with E-state index >= 15 is 0 Å². The smallest absolute Gasteiger partial charge is 0.416 e. The van der Waals surface area contributed by atoms with Crippen molar-refractivity contribution in [3.63, 3.8) is 0 Å². The van der Waals surface area contributed by atoms with Gasteiger partial charge in [0.1, 0.15) is 0 Å². The zero-order valence-corrected chi connectivity index (χ0v) is 11.5. The van der Waals surface area contributed by atoms with Crippen molar-refractivity contribution in [2.45, 2.75) is 25.1 Å². The second-order valence-corrected chi connectivity index (χ2v) is 4.98. The number of anilines is 1. The maximum Gasteiger partial charge on any atom is 0.416 e. The number of methoxy groups -OCH3 is 1. The number of ether oxygens (including phenoxy) is 1. The quantitative estimate of drug-likeness (QED) is 0.853. The van der Waals surface area contributed by atoms with Gasteiger partial charge in [-0.3, -0.25) is 0 Å². The fourth-order valence-corrected chi connectivity index (χ4v) is 2.32. The molecule has 21 heavy (non-hydrogen) atoms. The van der Waals surface area contributed by atoms with Crippen LogP contribution in [0.15, 0.2) is 18.2 Å². The molecule has 1 heterocycles. The number of carbonyl (C=O) groups is 1. The van der Waals surface area contributed by atoms with Crippen LogP contribution in [0.5, 0.6) is 0 Å². The van der Waals surface area contributed by atoms with Gasteiger partial charge >= 0.3 is 12.1 Å². The van der Waals surface area contributed by atoms with Gasteiger partial charge in [-0.05, 0) is 31.0 Å². The van der Waals surface area contributed by atoms with Crippen molar-refractivity contribution in [2.24, 2.45) is 0 Å². The molecule has 4 nitrogen and oxygen atoms in total. The van der Waals surface area contributed by atoms with Crippen molar-refractivity contribution in [1.82, 2.24) is 0 Å². The number of benzene rings is 1. The lowest BCUT2D eigenvalue weighted by atomic mass is 10.0. The predicted octanol–water partition coefficient (Wildman–Crippen LogP) is 2.45. The molecule has 0 radical (unpaired) electrons. The number of carbonyl (C=O) groups excluding carboxylic acids is 1. The third kappa shape index (κ3) is 3.66. The van der Waals surface area contributed by atoms with E-state index in [1.54, 1.807) is 4.90 Å². The molecule has 0 saturated carbocycles. The van der Waals surface area contributed by atoms with Gasteiger partial charge in [0.05, 0.1) is 24.3 Å². The summed E-state index contributed by atoms with van der Waals surface area (Å²) in [7, 11) is 1.12. The van der Waals surface area contributed by atoms with Crippen LogP contribution in [-0.4, -0.2) is 37.4 Å². The van der Waals surface area contributed by atoms with Crippen LogP contribution in [0, 0.1) is 0 Å². The lowest BCUT2D eigenvalue weighted by Crippen LogP contribution is -2.36. The number of aliphatic hydroxyl groups excluding tert-OH is 1. The summed E-state index contributed by atoms with van der Waals surface area (Å²) in [5.74, 6) is -0.806. The first-order valence-corrected chi connectivity index (χ1v) is 6.55. The van der Waals surface area contributed by atoms with E-state index in [2.05, 4.69) is 4.74 Å². The highest BCUT2D eigenvalue weighted by Gasteiger charge is 2.32. The topological polar surface area (TPSA) is 49.8 Å². The minimum atomic E-state index is -4.53. The Kier molecular flexibility index (Phi) is 4.41. The van der Waals surface area contributed by atoms with Crippen molar-refractivity contribution in [1.29, 1.82) is 0 Å². The molecule has 0 bridgehead atoms. The molecule has 0 aliphatic carbocycles. The Morgan fingerprint density at radius 2 is 1.90 bits per heavy atom. The lowest BCUT2D eigenvalue weighted by Gasteiger charge is -2.32. The van der Waals surface area contributed by atoms with Crippen LogP contribution in [0.25, 0.3) is 0 Å². The maximum atomic E-state index is 12.9. The van der Waals surface area contributed by atoms with Crippen molar-refractivity contribution in [3.8, 4) is 0 Å². The highest BCUT2D eigenvalue weighted by molar-refractivity contribution is 5.91. The van der Waals surface area contributed by atoms with Crippen LogP contribution >= 0.6 is 0 Å². The molecule has 1 aliphatic rings. The number of alkyl halides is 3. The summed E-state index contributed by atoms with van der Waals surface area (Å²) in [6.07, 6.45) is -3.98. The molecular formula is C14H16F3NO3. The summed E-state index contributed by atoms with van der Waals surface area (Å²) in [5.41, 5.74) is -0.697. The molecule has 1 N–H and O–H groups in total. The minimum Gasteiger partial charge on any atom is -0.465 e. The molecule has 0 aromatic heterocycles. The number of rotatable bonds is 2. The maximum absolute atomic E-state index is 12.9. The molecule has 1 fully saturated rings. The standard InChI is InChI=1S/C14H16F3NO3/c1-21-13(20)9-6-10(14(15,16)17)8-11(7-9)18-4-2-12(19)3-5-18/h6-8,12,19H,2-5H2,1H3. The molecule has 0 spiro atoms. The molecule has 1 aliphatic heterocycles. The Bertz CT molecular complexity index is 523. The van der Waals surface area contributed by atoms with Gasteiger partial charge in [0.25, 0.3) is 0 Å². The third-order valence-electron chi connectivity index (χ3n) is 3.50. The molecule has 0 unspecified atom stereocenters. The summed E-state index contributed by atoms with van der Waals surface area (Å²) in [6.45, 7) is 0.895. The molecule has 7 heteroatoms. The number of halogens is 3. The highest BCUT2D eigenvalue weighted by atomic mass is 19.4. The SMILES string of the molecule is COC(=O)c1cc(N2CCC(O)CC2)cc(C(F)(F)F)c1. The van der Waals surface area contributed by atoms with Crippen LogP contribution in [-0.2, 0) is 10.9 Å². The van der Waals surface area contributed by atoms with Gasteiger partial charge in [0.2, 0.25) is 0 Å². The van der Waals surface area contributed by atoms with E-state index in [4.69, 9.17) is 0 Å². The highest BCUT2D eigenvalue weighted by Crippen LogP contribution is 2.34. The molecular weight excluding hydrogens is 287 g/mol. The molecule has 2 rings (SSSR count). The Hall–Kier alpha value is -1.76. The second kappa shape index (κ2) is 5.93. The second-order valence-electron chi connectivity index (χ2n) is 4.98. The van der Waals surface area contributed by atoms with Gasteiger partial charge in [-0.1, -0.05) is 0 Å². The van der Waals surface area contributed by atoms with Gasteiger partial charge in [-0.25, -0.2) is 4.79 Å². The van der Waals surface area contributed by atoms with Crippen LogP contribution in [0.2, 0.25) is 0 Å². The first-order chi connectivity index (χ1) is 9.81. The molecule has 1 aromatic rings. The average molecular weight is 303 g/mol. The molecule has 0 atom stereocenters. The van der Waals surface area contributed by atoms with Gasteiger partial charge in [-0.15, -0.1) is 0 Å². The number of hydrogen-bond donors (Lipinski definition) is 1. The van der Waals surface area contributed by atoms with E-state index < -0.39 is 23.8 Å². The third-order valence-corrected chi connectivity index (χ3v) is 3.50.